The number of amides is 1. The van der Waals surface area contributed by atoms with Gasteiger partial charge in [-0.25, -0.2) is 4.79 Å². The first-order valence-corrected chi connectivity index (χ1v) is 12.2. The number of fused-ring (bicyclic) bond motifs is 2. The van der Waals surface area contributed by atoms with Crippen LogP contribution in [0.2, 0.25) is 0 Å². The van der Waals surface area contributed by atoms with Crippen molar-refractivity contribution in [1.29, 1.82) is 0 Å². The van der Waals surface area contributed by atoms with Crippen LogP contribution in [0.15, 0.2) is 108 Å². The molecular formula is C31H23N3O4. The zero-order valence-corrected chi connectivity index (χ0v) is 20.3. The molecular weight excluding hydrogens is 478 g/mol. The zero-order chi connectivity index (χ0) is 26.1. The van der Waals surface area contributed by atoms with Gasteiger partial charge < -0.3 is 19.5 Å². The second-order valence-electron chi connectivity index (χ2n) is 9.16. The maximum absolute atomic E-state index is 13.5. The van der Waals surface area contributed by atoms with E-state index in [1.807, 2.05) is 36.5 Å². The summed E-state index contributed by atoms with van der Waals surface area (Å²) in [5.41, 5.74) is 4.91. The summed E-state index contributed by atoms with van der Waals surface area (Å²) in [7, 11) is 0. The monoisotopic (exact) mass is 501 g/mol. The molecule has 2 aromatic heterocycles. The van der Waals surface area contributed by atoms with E-state index in [9.17, 15) is 9.59 Å². The van der Waals surface area contributed by atoms with Gasteiger partial charge in [0.05, 0.1) is 16.6 Å². The van der Waals surface area contributed by atoms with Gasteiger partial charge in [0.2, 0.25) is 0 Å². The van der Waals surface area contributed by atoms with Crippen molar-refractivity contribution in [1.82, 2.24) is 15.0 Å². The SMILES string of the molecule is O=C(O)c1ccc(CNC(=O)c2cc(-c3ccon3)cc3ccn(Cc4ccc5ccccc5c4)c23)cc1. The molecule has 0 unspecified atom stereocenters. The van der Waals surface area contributed by atoms with Gasteiger partial charge in [-0.05, 0) is 58.3 Å². The Morgan fingerprint density at radius 3 is 2.39 bits per heavy atom. The molecule has 7 heteroatoms. The van der Waals surface area contributed by atoms with E-state index >= 15 is 0 Å². The molecule has 2 heterocycles. The molecule has 0 spiro atoms. The molecule has 0 aliphatic heterocycles. The van der Waals surface area contributed by atoms with Crippen molar-refractivity contribution in [3.63, 3.8) is 0 Å². The molecule has 186 valence electrons. The third-order valence-electron chi connectivity index (χ3n) is 6.66. The lowest BCUT2D eigenvalue weighted by molar-refractivity contribution is 0.0696. The van der Waals surface area contributed by atoms with Gasteiger partial charge in [0.25, 0.3) is 5.91 Å². The smallest absolute Gasteiger partial charge is 0.335 e. The summed E-state index contributed by atoms with van der Waals surface area (Å²) in [5.74, 6) is -1.22. The van der Waals surface area contributed by atoms with Crippen molar-refractivity contribution in [2.75, 3.05) is 0 Å². The average Bonchev–Trinajstić information content (AvgIpc) is 3.62. The van der Waals surface area contributed by atoms with Gasteiger partial charge in [0.15, 0.2) is 0 Å². The summed E-state index contributed by atoms with van der Waals surface area (Å²) in [6.45, 7) is 0.869. The van der Waals surface area contributed by atoms with Crippen LogP contribution in [0.5, 0.6) is 0 Å². The maximum Gasteiger partial charge on any atom is 0.335 e. The zero-order valence-electron chi connectivity index (χ0n) is 20.3. The maximum atomic E-state index is 13.5. The van der Waals surface area contributed by atoms with Gasteiger partial charge in [-0.15, -0.1) is 0 Å². The van der Waals surface area contributed by atoms with Crippen molar-refractivity contribution in [3.05, 3.63) is 126 Å². The predicted octanol–water partition coefficient (Wildman–Crippen LogP) is 6.13. The van der Waals surface area contributed by atoms with Crippen molar-refractivity contribution in [2.45, 2.75) is 13.1 Å². The van der Waals surface area contributed by atoms with Crippen LogP contribution in [0, 0.1) is 0 Å². The molecule has 0 bridgehead atoms. The summed E-state index contributed by atoms with van der Waals surface area (Å²) in [5, 5.41) is 19.4. The topological polar surface area (TPSA) is 97.4 Å². The number of carbonyl (C=O) groups excluding carboxylic acids is 1. The number of nitrogens with one attached hydrogen (secondary N) is 1. The number of rotatable bonds is 7. The lowest BCUT2D eigenvalue weighted by atomic mass is 10.0. The Morgan fingerprint density at radius 2 is 1.63 bits per heavy atom. The number of carboxylic acids is 1. The molecule has 6 rings (SSSR count). The molecule has 38 heavy (non-hydrogen) atoms. The van der Waals surface area contributed by atoms with E-state index in [0.717, 1.165) is 27.6 Å². The normalized spacial score (nSPS) is 11.2. The molecule has 6 aromatic rings. The highest BCUT2D eigenvalue weighted by Gasteiger charge is 2.18. The van der Waals surface area contributed by atoms with Crippen molar-refractivity contribution >= 4 is 33.6 Å². The molecule has 0 saturated heterocycles. The van der Waals surface area contributed by atoms with E-state index in [1.54, 1.807) is 18.2 Å². The first-order valence-electron chi connectivity index (χ1n) is 12.2. The van der Waals surface area contributed by atoms with Gasteiger partial charge in [-0.2, -0.15) is 0 Å². The fourth-order valence-electron chi connectivity index (χ4n) is 4.74. The number of nitrogens with zero attached hydrogens (tertiary/aromatic N) is 2. The molecule has 0 saturated carbocycles. The highest BCUT2D eigenvalue weighted by atomic mass is 16.5. The van der Waals surface area contributed by atoms with Crippen LogP contribution < -0.4 is 5.32 Å². The van der Waals surface area contributed by atoms with Crippen LogP contribution in [0.25, 0.3) is 32.9 Å². The number of hydrogen-bond donors (Lipinski definition) is 2. The number of aromatic nitrogens is 2. The Balaban J connectivity index is 1.35. The van der Waals surface area contributed by atoms with E-state index in [4.69, 9.17) is 9.63 Å². The Morgan fingerprint density at radius 1 is 0.842 bits per heavy atom. The van der Waals surface area contributed by atoms with Crippen LogP contribution in [0.4, 0.5) is 0 Å². The number of carbonyl (C=O) groups is 2. The molecule has 7 nitrogen and oxygen atoms in total. The number of hydrogen-bond acceptors (Lipinski definition) is 4. The summed E-state index contributed by atoms with van der Waals surface area (Å²) in [6, 6.07) is 28.7. The second-order valence-corrected chi connectivity index (χ2v) is 9.16. The summed E-state index contributed by atoms with van der Waals surface area (Å²) in [4.78, 5) is 24.7. The van der Waals surface area contributed by atoms with Crippen LogP contribution in [0.3, 0.4) is 0 Å². The van der Waals surface area contributed by atoms with E-state index in [1.165, 1.54) is 29.2 Å². The van der Waals surface area contributed by atoms with Crippen LogP contribution in [-0.4, -0.2) is 26.7 Å². The highest BCUT2D eigenvalue weighted by Crippen LogP contribution is 2.29. The molecule has 0 aliphatic rings. The molecule has 1 amide bonds. The fourth-order valence-corrected chi connectivity index (χ4v) is 4.74. The van der Waals surface area contributed by atoms with E-state index < -0.39 is 5.97 Å². The lowest BCUT2D eigenvalue weighted by Crippen LogP contribution is -2.23. The van der Waals surface area contributed by atoms with E-state index in [-0.39, 0.29) is 18.0 Å². The summed E-state index contributed by atoms with van der Waals surface area (Å²) in [6.07, 6.45) is 3.50. The Kier molecular flexibility index (Phi) is 5.94. The van der Waals surface area contributed by atoms with Crippen molar-refractivity contribution < 1.29 is 19.2 Å². The first-order chi connectivity index (χ1) is 18.5. The largest absolute Gasteiger partial charge is 0.478 e. The molecule has 0 fully saturated rings. The third kappa shape index (κ3) is 4.53. The van der Waals surface area contributed by atoms with Gasteiger partial charge in [-0.1, -0.05) is 53.7 Å². The number of aromatic carboxylic acids is 1. The first kappa shape index (κ1) is 23.2. The Labute approximate surface area is 217 Å². The quantitative estimate of drug-likeness (QED) is 0.274. The van der Waals surface area contributed by atoms with E-state index in [2.05, 4.69) is 45.4 Å². The van der Waals surface area contributed by atoms with Crippen LogP contribution >= 0.6 is 0 Å². The standard InChI is InChI=1S/C31H23N3O4/c35-30(32-18-20-5-9-23(10-6-20)31(36)37)27-17-26(28-12-14-38-33-28)16-25-11-13-34(29(25)27)19-21-7-8-22-3-1-2-4-24(22)15-21/h1-17H,18-19H2,(H,32,35)(H,36,37). The molecule has 0 atom stereocenters. The minimum absolute atomic E-state index is 0.202. The van der Waals surface area contributed by atoms with Gasteiger partial charge in [0.1, 0.15) is 12.0 Å². The molecule has 0 aliphatic carbocycles. The minimum Gasteiger partial charge on any atom is -0.478 e. The lowest BCUT2D eigenvalue weighted by Gasteiger charge is -2.13. The van der Waals surface area contributed by atoms with Gasteiger partial charge in [-0.3, -0.25) is 4.79 Å². The average molecular weight is 502 g/mol. The molecule has 0 radical (unpaired) electrons. The second kappa shape index (κ2) is 9.71. The fraction of sp³-hybridized carbons (Fsp3) is 0.0645. The third-order valence-corrected chi connectivity index (χ3v) is 6.66. The van der Waals surface area contributed by atoms with Crippen LogP contribution in [-0.2, 0) is 13.1 Å². The van der Waals surface area contributed by atoms with Crippen molar-refractivity contribution in [2.24, 2.45) is 0 Å². The van der Waals surface area contributed by atoms with E-state index in [0.29, 0.717) is 17.8 Å². The molecule has 2 N–H and O–H groups in total. The number of carboxylic acid groups (broad SMARTS) is 1. The Bertz CT molecular complexity index is 1780. The number of benzene rings is 4. The summed E-state index contributed by atoms with van der Waals surface area (Å²) >= 11 is 0. The van der Waals surface area contributed by atoms with Gasteiger partial charge >= 0.3 is 5.97 Å². The summed E-state index contributed by atoms with van der Waals surface area (Å²) < 4.78 is 7.12. The van der Waals surface area contributed by atoms with Crippen molar-refractivity contribution in [3.8, 4) is 11.3 Å². The predicted molar refractivity (Wildman–Crippen MR) is 145 cm³/mol. The minimum atomic E-state index is -0.986. The van der Waals surface area contributed by atoms with Gasteiger partial charge in [0, 0.05) is 36.3 Å². The van der Waals surface area contributed by atoms with Crippen LogP contribution in [0.1, 0.15) is 31.8 Å². The Hall–Kier alpha value is -5.17. The highest BCUT2D eigenvalue weighted by molar-refractivity contribution is 6.07. The molecule has 4 aromatic carbocycles.